The number of aromatic nitrogens is 4. The first kappa shape index (κ1) is 20.2. The van der Waals surface area contributed by atoms with E-state index in [1.54, 1.807) is 24.2 Å². The lowest BCUT2D eigenvalue weighted by molar-refractivity contribution is -0.650. The summed E-state index contributed by atoms with van der Waals surface area (Å²) in [5.74, 6) is 2.51. The normalized spacial score (nSPS) is 9.62. The molecule has 2 rings (SSSR count). The highest BCUT2D eigenvalue weighted by Crippen LogP contribution is 2.12. The molecule has 2 heterocycles. The van der Waals surface area contributed by atoms with Crippen molar-refractivity contribution in [2.45, 2.75) is 17.8 Å². The van der Waals surface area contributed by atoms with Gasteiger partial charge in [0, 0.05) is 29.8 Å². The maximum Gasteiger partial charge on any atom is 0.361 e. The van der Waals surface area contributed by atoms with Crippen molar-refractivity contribution in [3.05, 3.63) is 35.2 Å². The number of nitrogens with one attached hydrogen (secondary N) is 2. The highest BCUT2D eigenvalue weighted by Gasteiger charge is 2.05. The van der Waals surface area contributed by atoms with Crippen molar-refractivity contribution in [2.75, 3.05) is 17.6 Å². The molecular formula is C11H17Cl2N5OS2. The Morgan fingerprint density at radius 3 is 2.86 bits per heavy atom. The molecule has 0 aliphatic rings. The van der Waals surface area contributed by atoms with Gasteiger partial charge in [-0.05, 0) is 11.9 Å². The van der Waals surface area contributed by atoms with E-state index in [1.807, 2.05) is 6.92 Å². The topological polar surface area (TPSA) is 80.5 Å². The second kappa shape index (κ2) is 9.99. The minimum atomic E-state index is 0. The van der Waals surface area contributed by atoms with Crippen LogP contribution in [-0.2, 0) is 5.75 Å². The Morgan fingerprint density at radius 1 is 1.48 bits per heavy atom. The number of thioether (sulfide) groups is 1. The molecule has 0 aliphatic carbocycles. The van der Waals surface area contributed by atoms with Crippen LogP contribution in [0.4, 0.5) is 5.82 Å². The SMILES string of the molecule is Cc1nc[nH]c1CSCCNc1cc[n+]([O-])c(S)n1.Cl.Cl. The Morgan fingerprint density at radius 2 is 2.24 bits per heavy atom. The summed E-state index contributed by atoms with van der Waals surface area (Å²) in [7, 11) is 0. The first-order chi connectivity index (χ1) is 9.16. The second-order valence-electron chi connectivity index (χ2n) is 3.88. The van der Waals surface area contributed by atoms with Crippen LogP contribution in [0.2, 0.25) is 0 Å². The number of halogens is 2. The van der Waals surface area contributed by atoms with E-state index in [1.165, 1.54) is 6.20 Å². The molecule has 0 aromatic carbocycles. The fourth-order valence-electron chi connectivity index (χ4n) is 1.46. The molecule has 10 heteroatoms. The quantitative estimate of drug-likeness (QED) is 0.239. The van der Waals surface area contributed by atoms with Gasteiger partial charge in [-0.1, -0.05) is 12.6 Å². The molecule has 21 heavy (non-hydrogen) atoms. The van der Waals surface area contributed by atoms with Crippen molar-refractivity contribution in [1.29, 1.82) is 0 Å². The van der Waals surface area contributed by atoms with E-state index in [-0.39, 0.29) is 30.0 Å². The third kappa shape index (κ3) is 6.21. The van der Waals surface area contributed by atoms with E-state index < -0.39 is 0 Å². The number of hydrogen-bond acceptors (Lipinski definition) is 6. The Kier molecular flexibility index (Phi) is 9.60. The standard InChI is InChI=1S/C11H15N5OS2.2ClH/c1-8-9(14-7-13-8)6-19-5-3-12-10-2-4-16(17)11(18)15-10;;/h2,4,7H,3,5-6H2,1H3,(H,13,14)(H2,12,15,18);2*1H. The Balaban J connectivity index is 0.00000200. The largest absolute Gasteiger partial charge is 0.710 e. The average molecular weight is 370 g/mol. The zero-order valence-corrected chi connectivity index (χ0v) is 14.6. The molecule has 2 aromatic rings. The Hall–Kier alpha value is -0.830. The molecular weight excluding hydrogens is 353 g/mol. The molecule has 0 saturated carbocycles. The lowest BCUT2D eigenvalue weighted by Crippen LogP contribution is -2.29. The van der Waals surface area contributed by atoms with Crippen LogP contribution in [0.3, 0.4) is 0 Å². The molecule has 0 bridgehead atoms. The summed E-state index contributed by atoms with van der Waals surface area (Å²) in [5.41, 5.74) is 2.21. The van der Waals surface area contributed by atoms with Crippen molar-refractivity contribution < 1.29 is 4.73 Å². The maximum atomic E-state index is 11.0. The summed E-state index contributed by atoms with van der Waals surface area (Å²) in [6, 6.07) is 1.64. The highest BCUT2D eigenvalue weighted by molar-refractivity contribution is 7.98. The molecule has 0 atom stereocenters. The second-order valence-corrected chi connectivity index (χ2v) is 5.39. The lowest BCUT2D eigenvalue weighted by atomic mass is 10.4. The maximum absolute atomic E-state index is 11.0. The number of aromatic amines is 1. The number of imidazole rings is 1. The molecule has 0 amide bonds. The summed E-state index contributed by atoms with van der Waals surface area (Å²) >= 11 is 5.77. The summed E-state index contributed by atoms with van der Waals surface area (Å²) in [4.78, 5) is 11.3. The van der Waals surface area contributed by atoms with Crippen LogP contribution in [0.1, 0.15) is 11.4 Å². The number of nitrogens with zero attached hydrogens (tertiary/aromatic N) is 3. The molecule has 0 fully saturated rings. The lowest BCUT2D eigenvalue weighted by Gasteiger charge is -2.05. The first-order valence-electron chi connectivity index (χ1n) is 5.76. The fraction of sp³-hybridized carbons (Fsp3) is 0.364. The van der Waals surface area contributed by atoms with Crippen molar-refractivity contribution >= 4 is 55.0 Å². The number of rotatable bonds is 6. The van der Waals surface area contributed by atoms with Gasteiger partial charge < -0.3 is 15.5 Å². The molecule has 0 radical (unpaired) electrons. The van der Waals surface area contributed by atoms with E-state index >= 15 is 0 Å². The number of aryl methyl sites for hydroxylation is 1. The first-order valence-corrected chi connectivity index (χ1v) is 7.36. The molecule has 2 N–H and O–H groups in total. The minimum Gasteiger partial charge on any atom is -0.710 e. The van der Waals surface area contributed by atoms with E-state index in [0.717, 1.165) is 29.4 Å². The van der Waals surface area contributed by atoms with Gasteiger partial charge in [-0.15, -0.1) is 24.8 Å². The summed E-state index contributed by atoms with van der Waals surface area (Å²) < 4.78 is 0.615. The van der Waals surface area contributed by atoms with Gasteiger partial charge in [0.1, 0.15) is 6.20 Å². The summed E-state index contributed by atoms with van der Waals surface area (Å²) in [5, 5.41) is 14.3. The molecule has 118 valence electrons. The third-order valence-electron chi connectivity index (χ3n) is 2.52. The predicted molar refractivity (Wildman–Crippen MR) is 92.9 cm³/mol. The third-order valence-corrected chi connectivity index (χ3v) is 3.80. The summed E-state index contributed by atoms with van der Waals surface area (Å²) in [6.07, 6.45) is 3.10. The molecule has 2 aromatic heterocycles. The number of H-pyrrole nitrogens is 1. The Labute approximate surface area is 145 Å². The smallest absolute Gasteiger partial charge is 0.361 e. The van der Waals surface area contributed by atoms with Gasteiger partial charge in [0.2, 0.25) is 5.82 Å². The van der Waals surface area contributed by atoms with E-state index in [2.05, 4.69) is 32.9 Å². The number of thiol groups is 1. The number of anilines is 1. The van der Waals surface area contributed by atoms with Gasteiger partial charge in [0.05, 0.1) is 12.0 Å². The van der Waals surface area contributed by atoms with E-state index in [0.29, 0.717) is 10.5 Å². The van der Waals surface area contributed by atoms with Gasteiger partial charge in [-0.2, -0.15) is 11.8 Å². The highest BCUT2D eigenvalue weighted by atomic mass is 35.5. The van der Waals surface area contributed by atoms with Gasteiger partial charge in [-0.3, -0.25) is 0 Å². The van der Waals surface area contributed by atoms with Gasteiger partial charge in [0.15, 0.2) is 0 Å². The number of hydrogen-bond donors (Lipinski definition) is 3. The van der Waals surface area contributed by atoms with E-state index in [9.17, 15) is 5.21 Å². The Bertz CT molecular complexity index is 555. The van der Waals surface area contributed by atoms with Crippen molar-refractivity contribution in [2.24, 2.45) is 0 Å². The van der Waals surface area contributed by atoms with Crippen LogP contribution < -0.4 is 10.0 Å². The zero-order chi connectivity index (χ0) is 13.7. The van der Waals surface area contributed by atoms with Crippen LogP contribution in [-0.4, -0.2) is 27.2 Å². The van der Waals surface area contributed by atoms with Crippen LogP contribution in [0.15, 0.2) is 23.7 Å². The van der Waals surface area contributed by atoms with Gasteiger partial charge >= 0.3 is 5.16 Å². The molecule has 0 spiro atoms. The predicted octanol–water partition coefficient (Wildman–Crippen LogP) is 2.22. The fourth-order valence-corrected chi connectivity index (χ4v) is 2.52. The van der Waals surface area contributed by atoms with Crippen LogP contribution in [0.25, 0.3) is 0 Å². The van der Waals surface area contributed by atoms with Crippen molar-refractivity contribution in [3.63, 3.8) is 0 Å². The summed E-state index contributed by atoms with van der Waals surface area (Å²) in [6.45, 7) is 2.77. The van der Waals surface area contributed by atoms with Crippen molar-refractivity contribution in [1.82, 2.24) is 15.0 Å². The monoisotopic (exact) mass is 369 g/mol. The molecule has 0 saturated heterocycles. The van der Waals surface area contributed by atoms with Crippen LogP contribution in [0, 0.1) is 12.1 Å². The molecule has 0 unspecified atom stereocenters. The van der Waals surface area contributed by atoms with Gasteiger partial charge in [0.25, 0.3) is 0 Å². The van der Waals surface area contributed by atoms with Crippen LogP contribution in [0.5, 0.6) is 0 Å². The average Bonchev–Trinajstić information content (AvgIpc) is 2.79. The molecule has 0 aliphatic heterocycles. The van der Waals surface area contributed by atoms with Crippen LogP contribution >= 0.6 is 49.2 Å². The van der Waals surface area contributed by atoms with Crippen molar-refractivity contribution in [3.8, 4) is 0 Å². The van der Waals surface area contributed by atoms with E-state index in [4.69, 9.17) is 0 Å². The van der Waals surface area contributed by atoms with Gasteiger partial charge in [-0.25, -0.2) is 9.71 Å². The zero-order valence-electron chi connectivity index (χ0n) is 11.3. The minimum absolute atomic E-state index is 0. The molecule has 6 nitrogen and oxygen atoms in total.